The van der Waals surface area contributed by atoms with Crippen LogP contribution < -0.4 is 5.32 Å². The van der Waals surface area contributed by atoms with E-state index in [1.807, 2.05) is 4.90 Å². The molecule has 6 nitrogen and oxygen atoms in total. The Morgan fingerprint density at radius 3 is 2.80 bits per heavy atom. The lowest BCUT2D eigenvalue weighted by Gasteiger charge is -2.27. The van der Waals surface area contributed by atoms with Gasteiger partial charge in [0.05, 0.1) is 12.1 Å². The lowest BCUT2D eigenvalue weighted by atomic mass is 9.86. The molecule has 0 bridgehead atoms. The molecule has 1 aromatic rings. The van der Waals surface area contributed by atoms with Gasteiger partial charge in [-0.1, -0.05) is 19.3 Å². The Bertz CT molecular complexity index is 635. The maximum atomic E-state index is 12.7. The molecular formula is C19H28N4O2. The number of H-pyrrole nitrogens is 1. The molecule has 2 fully saturated rings. The van der Waals surface area contributed by atoms with Crippen molar-refractivity contribution in [3.05, 3.63) is 17.5 Å². The highest BCUT2D eigenvalue weighted by atomic mass is 16.2. The van der Waals surface area contributed by atoms with E-state index >= 15 is 0 Å². The van der Waals surface area contributed by atoms with Crippen LogP contribution in [0, 0.1) is 5.92 Å². The van der Waals surface area contributed by atoms with Gasteiger partial charge in [0.1, 0.15) is 0 Å². The van der Waals surface area contributed by atoms with Crippen molar-refractivity contribution in [2.75, 3.05) is 13.1 Å². The second kappa shape index (κ2) is 7.18. The molecule has 1 saturated carbocycles. The lowest BCUT2D eigenvalue weighted by molar-refractivity contribution is -0.135. The number of aromatic nitrogens is 2. The second-order valence-electron chi connectivity index (χ2n) is 7.86. The summed E-state index contributed by atoms with van der Waals surface area (Å²) in [6, 6.07) is 0.0947. The smallest absolute Gasteiger partial charge is 0.227 e. The van der Waals surface area contributed by atoms with Crippen molar-refractivity contribution in [3.8, 4) is 0 Å². The molecule has 1 saturated heterocycles. The fourth-order valence-corrected chi connectivity index (χ4v) is 4.72. The summed E-state index contributed by atoms with van der Waals surface area (Å²) in [5.41, 5.74) is 2.16. The zero-order valence-electron chi connectivity index (χ0n) is 14.8. The average molecular weight is 344 g/mol. The number of hydrogen-bond acceptors (Lipinski definition) is 3. The number of aromatic amines is 1. The Morgan fingerprint density at radius 2 is 1.96 bits per heavy atom. The Balaban J connectivity index is 1.32. The molecule has 25 heavy (non-hydrogen) atoms. The van der Waals surface area contributed by atoms with Gasteiger partial charge in [0, 0.05) is 36.3 Å². The molecule has 6 heteroatoms. The minimum atomic E-state index is -0.0920. The summed E-state index contributed by atoms with van der Waals surface area (Å²) in [6.45, 7) is 1.45. The van der Waals surface area contributed by atoms with Gasteiger partial charge >= 0.3 is 0 Å². The topological polar surface area (TPSA) is 78.1 Å². The van der Waals surface area contributed by atoms with E-state index in [1.54, 1.807) is 6.20 Å². The number of aryl methyl sites for hydroxylation is 1. The van der Waals surface area contributed by atoms with E-state index in [0.717, 1.165) is 56.3 Å². The minimum absolute atomic E-state index is 0.0920. The first-order chi connectivity index (χ1) is 12.2. The maximum Gasteiger partial charge on any atom is 0.227 e. The molecule has 2 unspecified atom stereocenters. The highest BCUT2D eigenvalue weighted by Gasteiger charge is 2.34. The van der Waals surface area contributed by atoms with Gasteiger partial charge in [-0.15, -0.1) is 0 Å². The molecule has 136 valence electrons. The van der Waals surface area contributed by atoms with E-state index in [2.05, 4.69) is 15.5 Å². The number of nitrogens with one attached hydrogen (secondary N) is 2. The van der Waals surface area contributed by atoms with Crippen LogP contribution in [0.15, 0.2) is 6.20 Å². The van der Waals surface area contributed by atoms with Crippen molar-refractivity contribution in [2.24, 2.45) is 5.92 Å². The molecule has 1 aliphatic heterocycles. The van der Waals surface area contributed by atoms with Gasteiger partial charge in [0.2, 0.25) is 11.8 Å². The summed E-state index contributed by atoms with van der Waals surface area (Å²) in [5, 5.41) is 10.3. The van der Waals surface area contributed by atoms with E-state index in [0.29, 0.717) is 12.5 Å². The van der Waals surface area contributed by atoms with E-state index < -0.39 is 0 Å². The van der Waals surface area contributed by atoms with Crippen molar-refractivity contribution >= 4 is 11.8 Å². The summed E-state index contributed by atoms with van der Waals surface area (Å²) in [7, 11) is 0. The van der Waals surface area contributed by atoms with Crippen LogP contribution in [0.1, 0.15) is 68.5 Å². The van der Waals surface area contributed by atoms with Crippen LogP contribution in [0.3, 0.4) is 0 Å². The molecule has 0 radical (unpaired) electrons. The molecular weight excluding hydrogens is 316 g/mol. The molecule has 2 N–H and O–H groups in total. The van der Waals surface area contributed by atoms with Gasteiger partial charge in [-0.05, 0) is 38.5 Å². The third-order valence-corrected chi connectivity index (χ3v) is 6.16. The molecule has 4 rings (SSSR count). The van der Waals surface area contributed by atoms with Gasteiger partial charge in [-0.2, -0.15) is 5.10 Å². The Hall–Kier alpha value is -1.85. The van der Waals surface area contributed by atoms with Crippen molar-refractivity contribution in [1.82, 2.24) is 20.4 Å². The highest BCUT2D eigenvalue weighted by molar-refractivity contribution is 5.84. The summed E-state index contributed by atoms with van der Waals surface area (Å²) in [5.74, 6) is 0.534. The molecule has 3 aliphatic rings. The number of rotatable bonds is 3. The summed E-state index contributed by atoms with van der Waals surface area (Å²) < 4.78 is 0. The zero-order valence-corrected chi connectivity index (χ0v) is 14.8. The fraction of sp³-hybridized carbons (Fsp3) is 0.737. The molecule has 2 aliphatic carbocycles. The van der Waals surface area contributed by atoms with Gasteiger partial charge in [-0.25, -0.2) is 0 Å². The first kappa shape index (κ1) is 16.6. The summed E-state index contributed by atoms with van der Waals surface area (Å²) in [6.07, 6.45) is 11.3. The van der Waals surface area contributed by atoms with Crippen LogP contribution >= 0.6 is 0 Å². The molecule has 2 amide bonds. The van der Waals surface area contributed by atoms with Crippen molar-refractivity contribution in [3.63, 3.8) is 0 Å². The maximum absolute atomic E-state index is 12.7. The van der Waals surface area contributed by atoms with Crippen molar-refractivity contribution in [1.29, 1.82) is 0 Å². The number of fused-ring (bicyclic) bond motifs is 1. The summed E-state index contributed by atoms with van der Waals surface area (Å²) in [4.78, 5) is 27.4. The van der Waals surface area contributed by atoms with Crippen LogP contribution in [-0.4, -0.2) is 46.0 Å². The monoisotopic (exact) mass is 344 g/mol. The molecule has 2 heterocycles. The van der Waals surface area contributed by atoms with E-state index in [1.165, 1.54) is 19.3 Å². The first-order valence-corrected chi connectivity index (χ1v) is 9.83. The largest absolute Gasteiger partial charge is 0.351 e. The van der Waals surface area contributed by atoms with Crippen LogP contribution in [0.4, 0.5) is 0 Å². The van der Waals surface area contributed by atoms with Crippen LogP contribution in [0.5, 0.6) is 0 Å². The normalized spacial score (nSPS) is 27.1. The van der Waals surface area contributed by atoms with Gasteiger partial charge in [0.15, 0.2) is 0 Å². The van der Waals surface area contributed by atoms with Gasteiger partial charge in [0.25, 0.3) is 0 Å². The first-order valence-electron chi connectivity index (χ1n) is 9.83. The number of carbonyl (C=O) groups is 2. The Morgan fingerprint density at radius 1 is 1.12 bits per heavy atom. The number of hydrogen-bond donors (Lipinski definition) is 2. The van der Waals surface area contributed by atoms with Crippen LogP contribution in [0.2, 0.25) is 0 Å². The number of likely N-dealkylation sites (tertiary alicyclic amines) is 1. The predicted molar refractivity (Wildman–Crippen MR) is 94.0 cm³/mol. The van der Waals surface area contributed by atoms with E-state index in [9.17, 15) is 9.59 Å². The SMILES string of the molecule is O=C(NC1CCN(C(=O)C2CCCCC2)C1)C1CCCc2[nH]ncc21. The third kappa shape index (κ3) is 3.44. The highest BCUT2D eigenvalue weighted by Crippen LogP contribution is 2.31. The number of carbonyl (C=O) groups excluding carboxylic acids is 2. The third-order valence-electron chi connectivity index (χ3n) is 6.16. The van der Waals surface area contributed by atoms with E-state index in [-0.39, 0.29) is 23.8 Å². The summed E-state index contributed by atoms with van der Waals surface area (Å²) >= 11 is 0. The fourth-order valence-electron chi connectivity index (χ4n) is 4.72. The van der Waals surface area contributed by atoms with Crippen molar-refractivity contribution in [2.45, 2.75) is 69.7 Å². The molecule has 0 spiro atoms. The van der Waals surface area contributed by atoms with E-state index in [4.69, 9.17) is 0 Å². The van der Waals surface area contributed by atoms with Crippen molar-refractivity contribution < 1.29 is 9.59 Å². The zero-order chi connectivity index (χ0) is 17.2. The van der Waals surface area contributed by atoms with Gasteiger partial charge in [-0.3, -0.25) is 14.7 Å². The molecule has 0 aromatic carbocycles. The second-order valence-corrected chi connectivity index (χ2v) is 7.86. The quantitative estimate of drug-likeness (QED) is 0.882. The van der Waals surface area contributed by atoms with Gasteiger partial charge < -0.3 is 10.2 Å². The predicted octanol–water partition coefficient (Wildman–Crippen LogP) is 2.13. The minimum Gasteiger partial charge on any atom is -0.351 e. The number of nitrogens with zero attached hydrogens (tertiary/aromatic N) is 2. The van der Waals surface area contributed by atoms with Crippen LogP contribution in [-0.2, 0) is 16.0 Å². The Labute approximate surface area is 148 Å². The molecule has 2 atom stereocenters. The molecule has 1 aromatic heterocycles. The number of amides is 2. The van der Waals surface area contributed by atoms with Crippen LogP contribution in [0.25, 0.3) is 0 Å². The standard InChI is InChI=1S/C19H28N4O2/c24-18(15-7-4-8-17-16(15)11-20-22-17)21-14-9-10-23(12-14)19(25)13-5-2-1-3-6-13/h11,13-15H,1-10,12H2,(H,20,22)(H,21,24). The Kier molecular flexibility index (Phi) is 4.77. The average Bonchev–Trinajstić information content (AvgIpc) is 3.30. The lowest BCUT2D eigenvalue weighted by Crippen LogP contribution is -2.42.